The first-order valence-electron chi connectivity index (χ1n) is 6.39. The van der Waals surface area contributed by atoms with Crippen LogP contribution in [0.3, 0.4) is 0 Å². The summed E-state index contributed by atoms with van der Waals surface area (Å²) in [5.74, 6) is 0.589. The van der Waals surface area contributed by atoms with E-state index in [1.807, 2.05) is 41.1 Å². The molecule has 98 valence electrons. The molecule has 4 heteroatoms. The smallest absolute Gasteiger partial charge is 0.324 e. The van der Waals surface area contributed by atoms with E-state index in [0.717, 1.165) is 18.7 Å². The van der Waals surface area contributed by atoms with E-state index in [2.05, 4.69) is 13.8 Å². The molecular formula is C14H21N3O. The molecular weight excluding hydrogens is 226 g/mol. The molecule has 1 heterocycles. The maximum absolute atomic E-state index is 12.2. The van der Waals surface area contributed by atoms with Gasteiger partial charge in [-0.2, -0.15) is 0 Å². The Kier molecular flexibility index (Phi) is 3.45. The van der Waals surface area contributed by atoms with Crippen LogP contribution in [0.25, 0.3) is 0 Å². The van der Waals surface area contributed by atoms with E-state index < -0.39 is 0 Å². The zero-order valence-electron chi connectivity index (χ0n) is 11.3. The lowest BCUT2D eigenvalue weighted by Gasteiger charge is -2.19. The monoisotopic (exact) mass is 247 g/mol. The number of nitrogens with two attached hydrogens (primary N) is 1. The Morgan fingerprint density at radius 1 is 1.44 bits per heavy atom. The molecule has 1 aromatic rings. The molecule has 0 aromatic heterocycles. The van der Waals surface area contributed by atoms with E-state index in [0.29, 0.717) is 17.6 Å². The number of nitrogen functional groups attached to an aromatic ring is 1. The van der Waals surface area contributed by atoms with Crippen molar-refractivity contribution in [3.05, 3.63) is 24.3 Å². The lowest BCUT2D eigenvalue weighted by molar-refractivity contribution is 0.213. The van der Waals surface area contributed by atoms with E-state index in [1.54, 1.807) is 0 Å². The van der Waals surface area contributed by atoms with Gasteiger partial charge in [-0.25, -0.2) is 4.79 Å². The van der Waals surface area contributed by atoms with Gasteiger partial charge < -0.3 is 10.6 Å². The molecule has 4 nitrogen and oxygen atoms in total. The van der Waals surface area contributed by atoms with Crippen molar-refractivity contribution in [2.75, 3.05) is 24.2 Å². The van der Waals surface area contributed by atoms with Crippen LogP contribution in [0.4, 0.5) is 16.2 Å². The number of likely N-dealkylation sites (N-methyl/N-ethyl adjacent to an activating group) is 1. The van der Waals surface area contributed by atoms with Crippen LogP contribution in [0, 0.1) is 5.92 Å². The van der Waals surface area contributed by atoms with Crippen molar-refractivity contribution in [3.8, 4) is 0 Å². The van der Waals surface area contributed by atoms with Gasteiger partial charge in [-0.05, 0) is 30.5 Å². The third kappa shape index (κ3) is 2.42. The van der Waals surface area contributed by atoms with Gasteiger partial charge in [0, 0.05) is 25.0 Å². The number of carbonyl (C=O) groups excluding carboxylic acids is 1. The first kappa shape index (κ1) is 12.7. The van der Waals surface area contributed by atoms with Gasteiger partial charge in [0.1, 0.15) is 0 Å². The molecule has 2 rings (SSSR count). The van der Waals surface area contributed by atoms with Crippen LogP contribution < -0.4 is 10.6 Å². The molecule has 0 saturated carbocycles. The minimum atomic E-state index is 0.0613. The standard InChI is InChI=1S/C14H21N3O/c1-10(2)7-13-9-17(14(18)16(13)3)12-6-4-5-11(15)8-12/h4-6,8,10,13H,7,9,15H2,1-3H3. The Bertz CT molecular complexity index is 444. The highest BCUT2D eigenvalue weighted by molar-refractivity contribution is 5.94. The van der Waals surface area contributed by atoms with Gasteiger partial charge in [0.25, 0.3) is 0 Å². The van der Waals surface area contributed by atoms with Gasteiger partial charge >= 0.3 is 6.03 Å². The lowest BCUT2D eigenvalue weighted by Crippen LogP contribution is -2.31. The predicted molar refractivity (Wildman–Crippen MR) is 74.6 cm³/mol. The van der Waals surface area contributed by atoms with Crippen molar-refractivity contribution in [1.82, 2.24) is 4.90 Å². The van der Waals surface area contributed by atoms with Crippen LogP contribution in [-0.4, -0.2) is 30.6 Å². The first-order chi connectivity index (χ1) is 8.49. The average molecular weight is 247 g/mol. The molecule has 18 heavy (non-hydrogen) atoms. The quantitative estimate of drug-likeness (QED) is 0.834. The van der Waals surface area contributed by atoms with Crippen molar-refractivity contribution < 1.29 is 4.79 Å². The van der Waals surface area contributed by atoms with Crippen molar-refractivity contribution in [1.29, 1.82) is 0 Å². The topological polar surface area (TPSA) is 49.6 Å². The SMILES string of the molecule is CC(C)CC1CN(c2cccc(N)c2)C(=O)N1C. The molecule has 2 N–H and O–H groups in total. The summed E-state index contributed by atoms with van der Waals surface area (Å²) in [5.41, 5.74) is 7.35. The zero-order valence-corrected chi connectivity index (χ0v) is 11.3. The fraction of sp³-hybridized carbons (Fsp3) is 0.500. The number of hydrogen-bond donors (Lipinski definition) is 1. The van der Waals surface area contributed by atoms with E-state index in [1.165, 1.54) is 0 Å². The fourth-order valence-electron chi connectivity index (χ4n) is 2.44. The number of benzene rings is 1. The Morgan fingerprint density at radius 3 is 2.78 bits per heavy atom. The molecule has 1 unspecified atom stereocenters. The van der Waals surface area contributed by atoms with Gasteiger partial charge in [0.05, 0.1) is 6.04 Å². The van der Waals surface area contributed by atoms with E-state index in [-0.39, 0.29) is 6.03 Å². The number of carbonyl (C=O) groups is 1. The molecule has 1 aliphatic rings. The summed E-state index contributed by atoms with van der Waals surface area (Å²) in [5, 5.41) is 0. The van der Waals surface area contributed by atoms with Crippen LogP contribution in [-0.2, 0) is 0 Å². The van der Waals surface area contributed by atoms with Gasteiger partial charge in [-0.3, -0.25) is 4.90 Å². The molecule has 0 radical (unpaired) electrons. The molecule has 1 aliphatic heterocycles. The minimum absolute atomic E-state index is 0.0613. The predicted octanol–water partition coefficient (Wildman–Crippen LogP) is 2.56. The van der Waals surface area contributed by atoms with Crippen molar-refractivity contribution in [3.63, 3.8) is 0 Å². The second-order valence-electron chi connectivity index (χ2n) is 5.38. The molecule has 1 saturated heterocycles. The average Bonchev–Trinajstić information content (AvgIpc) is 2.57. The van der Waals surface area contributed by atoms with E-state index >= 15 is 0 Å². The number of amides is 2. The fourth-order valence-corrected chi connectivity index (χ4v) is 2.44. The third-order valence-corrected chi connectivity index (χ3v) is 3.40. The number of anilines is 2. The molecule has 0 spiro atoms. The molecule has 2 amide bonds. The van der Waals surface area contributed by atoms with E-state index in [4.69, 9.17) is 5.73 Å². The highest BCUT2D eigenvalue weighted by Gasteiger charge is 2.35. The second kappa shape index (κ2) is 4.88. The number of nitrogens with zero attached hydrogens (tertiary/aromatic N) is 2. The summed E-state index contributed by atoms with van der Waals surface area (Å²) in [6, 6.07) is 7.85. The maximum Gasteiger partial charge on any atom is 0.324 e. The number of urea groups is 1. The Labute approximate surface area is 108 Å². The second-order valence-corrected chi connectivity index (χ2v) is 5.38. The van der Waals surface area contributed by atoms with Gasteiger partial charge in [0.15, 0.2) is 0 Å². The molecule has 0 bridgehead atoms. The van der Waals surface area contributed by atoms with Crippen LogP contribution in [0.15, 0.2) is 24.3 Å². The summed E-state index contributed by atoms with van der Waals surface area (Å²) >= 11 is 0. The zero-order chi connectivity index (χ0) is 13.3. The molecule has 0 aliphatic carbocycles. The summed E-state index contributed by atoms with van der Waals surface area (Å²) < 4.78 is 0. The van der Waals surface area contributed by atoms with Crippen LogP contribution in [0.2, 0.25) is 0 Å². The van der Waals surface area contributed by atoms with Crippen LogP contribution >= 0.6 is 0 Å². The third-order valence-electron chi connectivity index (χ3n) is 3.40. The molecule has 1 aromatic carbocycles. The highest BCUT2D eigenvalue weighted by Crippen LogP contribution is 2.26. The number of rotatable bonds is 3. The van der Waals surface area contributed by atoms with Crippen molar-refractivity contribution in [2.24, 2.45) is 5.92 Å². The molecule has 1 fully saturated rings. The lowest BCUT2D eigenvalue weighted by atomic mass is 10.0. The number of hydrogen-bond acceptors (Lipinski definition) is 2. The largest absolute Gasteiger partial charge is 0.399 e. The Hall–Kier alpha value is -1.71. The Balaban J connectivity index is 2.18. The maximum atomic E-state index is 12.2. The molecule has 1 atom stereocenters. The summed E-state index contributed by atoms with van der Waals surface area (Å²) in [7, 11) is 1.88. The van der Waals surface area contributed by atoms with Crippen molar-refractivity contribution >= 4 is 17.4 Å². The normalized spacial score (nSPS) is 20.0. The van der Waals surface area contributed by atoms with Crippen LogP contribution in [0.1, 0.15) is 20.3 Å². The summed E-state index contributed by atoms with van der Waals surface area (Å²) in [6.45, 7) is 5.11. The first-order valence-corrected chi connectivity index (χ1v) is 6.39. The highest BCUT2D eigenvalue weighted by atomic mass is 16.2. The minimum Gasteiger partial charge on any atom is -0.399 e. The van der Waals surface area contributed by atoms with Gasteiger partial charge in [-0.15, -0.1) is 0 Å². The van der Waals surface area contributed by atoms with Crippen molar-refractivity contribution in [2.45, 2.75) is 26.3 Å². The van der Waals surface area contributed by atoms with Gasteiger partial charge in [0.2, 0.25) is 0 Å². The summed E-state index contributed by atoms with van der Waals surface area (Å²) in [6.07, 6.45) is 1.03. The van der Waals surface area contributed by atoms with E-state index in [9.17, 15) is 4.79 Å². The van der Waals surface area contributed by atoms with Crippen LogP contribution in [0.5, 0.6) is 0 Å². The Morgan fingerprint density at radius 2 is 2.17 bits per heavy atom. The van der Waals surface area contributed by atoms with Gasteiger partial charge in [-0.1, -0.05) is 19.9 Å². The summed E-state index contributed by atoms with van der Waals surface area (Å²) in [4.78, 5) is 15.9.